The number of benzene rings is 2. The van der Waals surface area contributed by atoms with Gasteiger partial charge in [0.2, 0.25) is 0 Å². The first kappa shape index (κ1) is 16.0. The van der Waals surface area contributed by atoms with Gasteiger partial charge in [-0.1, -0.05) is 42.5 Å². The Labute approximate surface area is 143 Å². The van der Waals surface area contributed by atoms with Crippen LogP contribution < -0.4 is 0 Å². The molecule has 1 N–H and O–H groups in total. The third-order valence-corrected chi connectivity index (χ3v) is 4.75. The molecule has 0 fully saturated rings. The van der Waals surface area contributed by atoms with Gasteiger partial charge >= 0.3 is 0 Å². The third-order valence-electron chi connectivity index (χ3n) is 3.43. The number of H-pyrrole nitrogens is 1. The maximum atomic E-state index is 12.9. The minimum Gasteiger partial charge on any atom is -0.299 e. The highest BCUT2D eigenvalue weighted by Crippen LogP contribution is 2.18. The molecule has 3 rings (SSSR count). The fourth-order valence-electron chi connectivity index (χ4n) is 2.26. The number of halogens is 1. The largest absolute Gasteiger partial charge is 0.299 e. The average Bonchev–Trinajstić information content (AvgIpc) is 2.95. The summed E-state index contributed by atoms with van der Waals surface area (Å²) < 4.78 is 15.5. The zero-order valence-electron chi connectivity index (χ0n) is 12.4. The Morgan fingerprint density at radius 1 is 1.09 bits per heavy atom. The molecule has 0 amide bonds. The lowest BCUT2D eigenvalue weighted by atomic mass is 10.2. The van der Waals surface area contributed by atoms with E-state index in [0.717, 1.165) is 35.0 Å². The molecular formula is C17H16FN3S2. The first-order valence-electron chi connectivity index (χ1n) is 7.27. The number of nitrogens with zero attached hydrogens (tertiary/aromatic N) is 2. The van der Waals surface area contributed by atoms with Crippen molar-refractivity contribution in [2.75, 3.05) is 5.75 Å². The van der Waals surface area contributed by atoms with E-state index in [1.165, 1.54) is 12.1 Å². The summed E-state index contributed by atoms with van der Waals surface area (Å²) in [5, 5.41) is 7.19. The Kier molecular flexibility index (Phi) is 5.25. The maximum absolute atomic E-state index is 12.9. The number of thioether (sulfide) groups is 1. The summed E-state index contributed by atoms with van der Waals surface area (Å²) in [5.74, 6) is 2.42. The van der Waals surface area contributed by atoms with Crippen LogP contribution in [0.1, 0.15) is 5.56 Å². The molecule has 2 aromatic carbocycles. The van der Waals surface area contributed by atoms with E-state index >= 15 is 0 Å². The van der Waals surface area contributed by atoms with Crippen molar-refractivity contribution in [1.29, 1.82) is 0 Å². The number of hydrogen-bond donors (Lipinski definition) is 1. The van der Waals surface area contributed by atoms with Crippen LogP contribution in [0, 0.1) is 10.6 Å². The zero-order chi connectivity index (χ0) is 16.1. The molecule has 1 heterocycles. The lowest BCUT2D eigenvalue weighted by Crippen LogP contribution is -2.03. The monoisotopic (exact) mass is 345 g/mol. The highest BCUT2D eigenvalue weighted by Gasteiger charge is 2.08. The molecule has 0 unspecified atom stereocenters. The second-order valence-corrected chi connectivity index (χ2v) is 6.54. The lowest BCUT2D eigenvalue weighted by Gasteiger charge is -2.07. The van der Waals surface area contributed by atoms with Crippen molar-refractivity contribution in [3.8, 4) is 11.4 Å². The Bertz CT molecular complexity index is 810. The van der Waals surface area contributed by atoms with E-state index in [2.05, 4.69) is 10.2 Å². The molecule has 0 atom stereocenters. The van der Waals surface area contributed by atoms with Gasteiger partial charge in [-0.05, 0) is 29.9 Å². The van der Waals surface area contributed by atoms with E-state index in [1.807, 2.05) is 47.0 Å². The maximum Gasteiger partial charge on any atom is 0.195 e. The van der Waals surface area contributed by atoms with Gasteiger partial charge < -0.3 is 0 Å². The minimum absolute atomic E-state index is 0.198. The summed E-state index contributed by atoms with van der Waals surface area (Å²) >= 11 is 7.12. The number of rotatable bonds is 6. The predicted molar refractivity (Wildman–Crippen MR) is 95.4 cm³/mol. The first-order chi connectivity index (χ1) is 11.2. The van der Waals surface area contributed by atoms with Gasteiger partial charge in [0, 0.05) is 23.6 Å². The summed E-state index contributed by atoms with van der Waals surface area (Å²) in [6.45, 7) is 0.783. The van der Waals surface area contributed by atoms with Crippen LogP contribution >= 0.6 is 24.0 Å². The molecule has 23 heavy (non-hydrogen) atoms. The number of aromatic nitrogens is 3. The Morgan fingerprint density at radius 2 is 1.83 bits per heavy atom. The van der Waals surface area contributed by atoms with Crippen LogP contribution in [0.2, 0.25) is 0 Å². The van der Waals surface area contributed by atoms with E-state index in [4.69, 9.17) is 12.2 Å². The summed E-state index contributed by atoms with van der Waals surface area (Å²) in [5.41, 5.74) is 2.17. The van der Waals surface area contributed by atoms with Crippen molar-refractivity contribution in [3.63, 3.8) is 0 Å². The van der Waals surface area contributed by atoms with Gasteiger partial charge in [0.25, 0.3) is 0 Å². The van der Waals surface area contributed by atoms with Crippen LogP contribution in [0.3, 0.4) is 0 Å². The fourth-order valence-corrected chi connectivity index (χ4v) is 3.37. The molecule has 0 bridgehead atoms. The number of nitrogens with one attached hydrogen (secondary N) is 1. The van der Waals surface area contributed by atoms with E-state index < -0.39 is 0 Å². The van der Waals surface area contributed by atoms with Gasteiger partial charge in [0.15, 0.2) is 10.6 Å². The molecule has 0 radical (unpaired) electrons. The molecule has 1 aromatic heterocycles. The number of aromatic amines is 1. The quantitative estimate of drug-likeness (QED) is 0.520. The van der Waals surface area contributed by atoms with Gasteiger partial charge in [-0.3, -0.25) is 9.67 Å². The Balaban J connectivity index is 1.61. The van der Waals surface area contributed by atoms with Crippen LogP contribution in [0.15, 0.2) is 54.6 Å². The predicted octanol–water partition coefficient (Wildman–Crippen LogP) is 4.68. The van der Waals surface area contributed by atoms with E-state index in [9.17, 15) is 4.39 Å². The standard InChI is InChI=1S/C17H16FN3S2/c18-15-8-6-13(7-9-15)12-23-11-10-21-16(19-20-17(21)22)14-4-2-1-3-5-14/h1-9H,10-12H2,(H,20,22). The highest BCUT2D eigenvalue weighted by molar-refractivity contribution is 7.98. The molecule has 6 heteroatoms. The molecule has 118 valence electrons. The smallest absolute Gasteiger partial charge is 0.195 e. The van der Waals surface area contributed by atoms with Gasteiger partial charge in [-0.25, -0.2) is 4.39 Å². The first-order valence-corrected chi connectivity index (χ1v) is 8.83. The molecule has 0 aliphatic carbocycles. The summed E-state index contributed by atoms with van der Waals surface area (Å²) in [4.78, 5) is 0. The zero-order valence-corrected chi connectivity index (χ0v) is 14.0. The van der Waals surface area contributed by atoms with Gasteiger partial charge in [-0.2, -0.15) is 16.9 Å². The molecule has 0 saturated carbocycles. The van der Waals surface area contributed by atoms with E-state index in [-0.39, 0.29) is 5.82 Å². The minimum atomic E-state index is -0.198. The van der Waals surface area contributed by atoms with Crippen LogP contribution in [0.4, 0.5) is 4.39 Å². The molecule has 3 aromatic rings. The van der Waals surface area contributed by atoms with Crippen LogP contribution in [0.25, 0.3) is 11.4 Å². The lowest BCUT2D eigenvalue weighted by molar-refractivity contribution is 0.627. The third kappa shape index (κ3) is 4.09. The van der Waals surface area contributed by atoms with Gasteiger partial charge in [0.05, 0.1) is 0 Å². The van der Waals surface area contributed by atoms with Crippen LogP contribution in [0.5, 0.6) is 0 Å². The van der Waals surface area contributed by atoms with Crippen LogP contribution in [-0.4, -0.2) is 20.5 Å². The fraction of sp³-hybridized carbons (Fsp3) is 0.176. The summed E-state index contributed by atoms with van der Waals surface area (Å²) in [6.07, 6.45) is 0. The van der Waals surface area contributed by atoms with E-state index in [0.29, 0.717) is 4.77 Å². The van der Waals surface area contributed by atoms with Gasteiger partial charge in [-0.15, -0.1) is 0 Å². The van der Waals surface area contributed by atoms with Crippen molar-refractivity contribution in [2.24, 2.45) is 0 Å². The molecule has 0 aliphatic heterocycles. The average molecular weight is 345 g/mol. The van der Waals surface area contributed by atoms with Crippen molar-refractivity contribution < 1.29 is 4.39 Å². The second kappa shape index (κ2) is 7.57. The normalized spacial score (nSPS) is 10.8. The number of hydrogen-bond acceptors (Lipinski definition) is 3. The topological polar surface area (TPSA) is 33.6 Å². The molecule has 0 aliphatic rings. The molecule has 3 nitrogen and oxygen atoms in total. The van der Waals surface area contributed by atoms with Crippen LogP contribution in [-0.2, 0) is 12.3 Å². The van der Waals surface area contributed by atoms with Crippen molar-refractivity contribution in [2.45, 2.75) is 12.3 Å². The van der Waals surface area contributed by atoms with Crippen molar-refractivity contribution >= 4 is 24.0 Å². The SMILES string of the molecule is Fc1ccc(CSCCn2c(-c3ccccc3)n[nH]c2=S)cc1. The van der Waals surface area contributed by atoms with Crippen molar-refractivity contribution in [3.05, 3.63) is 70.7 Å². The Hall–Kier alpha value is -1.92. The molecule has 0 spiro atoms. The molecule has 0 saturated heterocycles. The summed E-state index contributed by atoms with van der Waals surface area (Å²) in [6, 6.07) is 16.6. The van der Waals surface area contributed by atoms with E-state index in [1.54, 1.807) is 11.8 Å². The second-order valence-electron chi connectivity index (χ2n) is 5.05. The summed E-state index contributed by atoms with van der Waals surface area (Å²) in [7, 11) is 0. The van der Waals surface area contributed by atoms with Gasteiger partial charge in [0.1, 0.15) is 5.82 Å². The Morgan fingerprint density at radius 3 is 2.57 bits per heavy atom. The molecular weight excluding hydrogens is 329 g/mol. The highest BCUT2D eigenvalue weighted by atomic mass is 32.2. The van der Waals surface area contributed by atoms with Crippen molar-refractivity contribution in [1.82, 2.24) is 14.8 Å².